The van der Waals surface area contributed by atoms with Crippen LogP contribution in [-0.2, 0) is 30.3 Å². The number of nitrogens with zero attached hydrogens (tertiary/aromatic N) is 1. The number of aryl methyl sites for hydroxylation is 2. The second-order valence-corrected chi connectivity index (χ2v) is 14.4. The van der Waals surface area contributed by atoms with Crippen LogP contribution in [0.1, 0.15) is 76.3 Å². The molecule has 10 heteroatoms. The molecule has 0 saturated carbocycles. The second kappa shape index (κ2) is 17.2. The van der Waals surface area contributed by atoms with Crippen molar-refractivity contribution in [1.29, 1.82) is 0 Å². The molecule has 0 bridgehead atoms. The van der Waals surface area contributed by atoms with Crippen molar-refractivity contribution in [2.24, 2.45) is 0 Å². The Balaban J connectivity index is 2.61. The highest BCUT2D eigenvalue weighted by molar-refractivity contribution is 7.98. The van der Waals surface area contributed by atoms with Crippen molar-refractivity contribution < 1.29 is 28.7 Å². The quantitative estimate of drug-likeness (QED) is 0.188. The van der Waals surface area contributed by atoms with Crippen molar-refractivity contribution in [1.82, 2.24) is 15.5 Å². The van der Waals surface area contributed by atoms with E-state index in [1.165, 1.54) is 22.7 Å². The van der Waals surface area contributed by atoms with Gasteiger partial charge in [0.05, 0.1) is 0 Å². The molecule has 252 valence electrons. The van der Waals surface area contributed by atoms with Crippen LogP contribution >= 0.6 is 11.8 Å². The Morgan fingerprint density at radius 2 is 1.48 bits per heavy atom. The van der Waals surface area contributed by atoms with Gasteiger partial charge in [-0.2, -0.15) is 11.8 Å². The van der Waals surface area contributed by atoms with Gasteiger partial charge < -0.3 is 25.0 Å². The van der Waals surface area contributed by atoms with Crippen molar-refractivity contribution in [2.75, 3.05) is 18.6 Å². The van der Waals surface area contributed by atoms with Gasteiger partial charge in [-0.25, -0.2) is 9.59 Å². The monoisotopic (exact) mass is 653 g/mol. The predicted molar refractivity (Wildman–Crippen MR) is 185 cm³/mol. The molecule has 0 fully saturated rings. The molecule has 2 aromatic carbocycles. The lowest BCUT2D eigenvalue weighted by atomic mass is 9.97. The summed E-state index contributed by atoms with van der Waals surface area (Å²) in [5, 5.41) is 5.64. The van der Waals surface area contributed by atoms with E-state index < -0.39 is 53.2 Å². The molecule has 0 saturated heterocycles. The molecule has 0 aliphatic heterocycles. The van der Waals surface area contributed by atoms with E-state index in [0.717, 1.165) is 16.7 Å². The number of amides is 3. The summed E-state index contributed by atoms with van der Waals surface area (Å²) in [4.78, 5) is 56.5. The van der Waals surface area contributed by atoms with Crippen LogP contribution in [0.3, 0.4) is 0 Å². The molecule has 46 heavy (non-hydrogen) atoms. The highest BCUT2D eigenvalue weighted by Crippen LogP contribution is 2.26. The molecule has 2 N–H and O–H groups in total. The second-order valence-electron chi connectivity index (χ2n) is 13.4. The summed E-state index contributed by atoms with van der Waals surface area (Å²) in [7, 11) is 0. The average Bonchev–Trinajstić information content (AvgIpc) is 2.92. The van der Waals surface area contributed by atoms with Crippen LogP contribution in [0.4, 0.5) is 4.79 Å². The molecule has 2 rings (SSSR count). The minimum Gasteiger partial charge on any atom is -0.458 e. The fraction of sp³-hybridized carbons (Fsp3) is 0.500. The zero-order valence-electron chi connectivity index (χ0n) is 28.8. The number of carbonyl (C=O) groups is 4. The summed E-state index contributed by atoms with van der Waals surface area (Å²) >= 11 is 1.53. The van der Waals surface area contributed by atoms with Crippen LogP contribution in [0.25, 0.3) is 0 Å². The van der Waals surface area contributed by atoms with Crippen molar-refractivity contribution in [2.45, 2.75) is 97.6 Å². The van der Waals surface area contributed by atoms with Crippen molar-refractivity contribution in [3.8, 4) is 0 Å². The summed E-state index contributed by atoms with van der Waals surface area (Å²) in [5.74, 6) is -1.05. The summed E-state index contributed by atoms with van der Waals surface area (Å²) in [6.07, 6.45) is 3.21. The summed E-state index contributed by atoms with van der Waals surface area (Å²) in [5.41, 5.74) is 1.64. The first-order chi connectivity index (χ1) is 21.4. The summed E-state index contributed by atoms with van der Waals surface area (Å²) in [6, 6.07) is 11.8. The zero-order valence-corrected chi connectivity index (χ0v) is 29.6. The van der Waals surface area contributed by atoms with Crippen LogP contribution in [0.5, 0.6) is 0 Å². The normalized spacial score (nSPS) is 13.5. The minimum absolute atomic E-state index is 0.00542. The Morgan fingerprint density at radius 1 is 0.891 bits per heavy atom. The molecule has 0 aliphatic carbocycles. The predicted octanol–water partition coefficient (Wildman–Crippen LogP) is 6.07. The number of thioether (sulfide) groups is 1. The van der Waals surface area contributed by atoms with Gasteiger partial charge in [0.15, 0.2) is 0 Å². The lowest BCUT2D eigenvalue weighted by Crippen LogP contribution is -2.55. The Bertz CT molecular complexity index is 1330. The van der Waals surface area contributed by atoms with Crippen LogP contribution in [-0.4, -0.2) is 70.6 Å². The number of carbonyl (C=O) groups excluding carboxylic acids is 4. The topological polar surface area (TPSA) is 114 Å². The first-order valence-corrected chi connectivity index (χ1v) is 16.9. The number of alkyl carbamates (subject to hydrolysis) is 1. The van der Waals surface area contributed by atoms with Crippen molar-refractivity contribution in [3.05, 3.63) is 83.4 Å². The van der Waals surface area contributed by atoms with E-state index in [9.17, 15) is 19.2 Å². The van der Waals surface area contributed by atoms with E-state index in [1.807, 2.05) is 68.6 Å². The van der Waals surface area contributed by atoms with Crippen LogP contribution < -0.4 is 10.6 Å². The molecule has 3 amide bonds. The molecule has 0 aliphatic rings. The molecule has 3 atom stereocenters. The third-order valence-electron chi connectivity index (χ3n) is 6.62. The van der Waals surface area contributed by atoms with Crippen molar-refractivity contribution >= 4 is 35.6 Å². The van der Waals surface area contributed by atoms with Gasteiger partial charge >= 0.3 is 12.1 Å². The number of esters is 1. The highest BCUT2D eigenvalue weighted by Gasteiger charge is 2.38. The fourth-order valence-corrected chi connectivity index (χ4v) is 5.38. The first kappa shape index (κ1) is 38.4. The number of nitrogens with one attached hydrogen (secondary N) is 2. The molecule has 0 aromatic heterocycles. The molecule has 3 unspecified atom stereocenters. The maximum absolute atomic E-state index is 14.4. The van der Waals surface area contributed by atoms with Gasteiger partial charge in [0.1, 0.15) is 29.3 Å². The third kappa shape index (κ3) is 12.9. The van der Waals surface area contributed by atoms with Gasteiger partial charge in [-0.3, -0.25) is 9.59 Å². The molecule has 0 radical (unpaired) electrons. The Kier molecular flexibility index (Phi) is 14.4. The minimum atomic E-state index is -1.15. The van der Waals surface area contributed by atoms with E-state index in [1.54, 1.807) is 41.5 Å². The maximum atomic E-state index is 14.4. The van der Waals surface area contributed by atoms with E-state index >= 15 is 0 Å². The molecular formula is C36H51N3O6S. The highest BCUT2D eigenvalue weighted by atomic mass is 32.2. The standard InChI is InChI=1S/C36H51N3O6S/c1-11-18-39(32(41)28(17-19-46-10)38-34(43)45-36(7,8)9)30(27-21-24(2)20-25(3)22-27)31(40)37-29(33(42)44-35(4,5)6)23-26-15-13-12-14-16-26/h11-16,20-22,28-30H,1,17-19,23H2,2-10H3,(H,37,40)(H,38,43). The average molecular weight is 654 g/mol. The Morgan fingerprint density at radius 3 is 2.00 bits per heavy atom. The molecular weight excluding hydrogens is 602 g/mol. The van der Waals surface area contributed by atoms with Gasteiger partial charge in [0, 0.05) is 13.0 Å². The zero-order chi connectivity index (χ0) is 34.7. The molecule has 2 aromatic rings. The number of rotatable bonds is 14. The summed E-state index contributed by atoms with van der Waals surface area (Å²) < 4.78 is 11.2. The lowest BCUT2D eigenvalue weighted by molar-refractivity contribution is -0.159. The van der Waals surface area contributed by atoms with E-state index in [0.29, 0.717) is 17.7 Å². The third-order valence-corrected chi connectivity index (χ3v) is 7.26. The SMILES string of the molecule is C=CCN(C(=O)C(CCSC)NC(=O)OC(C)(C)C)C(C(=O)NC(Cc1ccccc1)C(=O)OC(C)(C)C)c1cc(C)cc(C)c1. The molecule has 9 nitrogen and oxygen atoms in total. The summed E-state index contributed by atoms with van der Waals surface area (Å²) in [6.45, 7) is 18.2. The van der Waals surface area contributed by atoms with E-state index in [-0.39, 0.29) is 13.0 Å². The van der Waals surface area contributed by atoms with Gasteiger partial charge in [-0.1, -0.05) is 65.7 Å². The van der Waals surface area contributed by atoms with Gasteiger partial charge in [-0.15, -0.1) is 6.58 Å². The first-order valence-electron chi connectivity index (χ1n) is 15.5. The van der Waals surface area contributed by atoms with Gasteiger partial charge in [0.25, 0.3) is 0 Å². The van der Waals surface area contributed by atoms with E-state index in [4.69, 9.17) is 9.47 Å². The van der Waals surface area contributed by atoms with E-state index in [2.05, 4.69) is 17.2 Å². The van der Waals surface area contributed by atoms with Crippen LogP contribution in [0, 0.1) is 13.8 Å². The van der Waals surface area contributed by atoms with Crippen molar-refractivity contribution in [3.63, 3.8) is 0 Å². The maximum Gasteiger partial charge on any atom is 0.408 e. The Labute approximate surface area is 278 Å². The Hall–Kier alpha value is -3.79. The number of hydrogen-bond donors (Lipinski definition) is 2. The van der Waals surface area contributed by atoms with Crippen LogP contribution in [0.2, 0.25) is 0 Å². The van der Waals surface area contributed by atoms with Gasteiger partial charge in [-0.05, 0) is 84.9 Å². The number of benzene rings is 2. The number of ether oxygens (including phenoxy) is 2. The largest absolute Gasteiger partial charge is 0.458 e. The lowest BCUT2D eigenvalue weighted by Gasteiger charge is -2.35. The smallest absolute Gasteiger partial charge is 0.408 e. The van der Waals surface area contributed by atoms with Gasteiger partial charge in [0.2, 0.25) is 11.8 Å². The molecule has 0 spiro atoms. The molecule has 0 heterocycles. The van der Waals surface area contributed by atoms with Crippen LogP contribution in [0.15, 0.2) is 61.2 Å². The number of hydrogen-bond acceptors (Lipinski definition) is 7. The fourth-order valence-electron chi connectivity index (χ4n) is 4.91.